The Morgan fingerprint density at radius 1 is 0.741 bits per heavy atom. The second-order valence-electron chi connectivity index (χ2n) is 6.80. The van der Waals surface area contributed by atoms with Gasteiger partial charge in [0.25, 0.3) is 0 Å². The molecule has 0 saturated carbocycles. The number of rotatable bonds is 8. The topological polar surface area (TPSA) is 18.5 Å². The summed E-state index contributed by atoms with van der Waals surface area (Å²) in [5.41, 5.74) is 4.75. The van der Waals surface area contributed by atoms with Gasteiger partial charge >= 0.3 is 0 Å². The van der Waals surface area contributed by atoms with Crippen LogP contribution in [0.4, 0.5) is 0 Å². The van der Waals surface area contributed by atoms with Gasteiger partial charge in [0.1, 0.15) is 24.7 Å². The second-order valence-corrected chi connectivity index (χ2v) is 6.80. The summed E-state index contributed by atoms with van der Waals surface area (Å²) >= 11 is 0. The van der Waals surface area contributed by atoms with Gasteiger partial charge in [0.05, 0.1) is 0 Å². The van der Waals surface area contributed by atoms with Crippen molar-refractivity contribution in [2.24, 2.45) is 0 Å². The molecule has 0 aliphatic heterocycles. The average Bonchev–Trinajstić information content (AvgIpc) is 2.71. The Labute approximate surface area is 162 Å². The van der Waals surface area contributed by atoms with Crippen LogP contribution in [0.1, 0.15) is 30.5 Å². The van der Waals surface area contributed by atoms with Crippen LogP contribution in [0.15, 0.2) is 90.5 Å². The average molecular weight is 358 g/mol. The minimum Gasteiger partial charge on any atom is -0.489 e. The highest BCUT2D eigenvalue weighted by Gasteiger charge is 2.07. The number of allylic oxidation sites excluding steroid dienone is 2. The molecule has 3 rings (SSSR count). The van der Waals surface area contributed by atoms with Gasteiger partial charge in [0, 0.05) is 5.56 Å². The lowest BCUT2D eigenvalue weighted by molar-refractivity contribution is 0.295. The lowest BCUT2D eigenvalue weighted by Crippen LogP contribution is -2.00. The van der Waals surface area contributed by atoms with E-state index in [2.05, 4.69) is 50.3 Å². The molecule has 0 heterocycles. The van der Waals surface area contributed by atoms with Crippen LogP contribution in [-0.4, -0.2) is 0 Å². The number of ether oxygens (including phenoxy) is 2. The SMILES string of the molecule is CC(C)=CCc1cc(OCc2ccccc2)ccc1OCc1ccccc1. The fourth-order valence-electron chi connectivity index (χ4n) is 2.74. The Kier molecular flexibility index (Phi) is 6.70. The molecule has 0 aliphatic rings. The summed E-state index contributed by atoms with van der Waals surface area (Å²) in [6.07, 6.45) is 3.04. The monoisotopic (exact) mass is 358 g/mol. The molecule has 3 aromatic carbocycles. The van der Waals surface area contributed by atoms with Gasteiger partial charge < -0.3 is 9.47 Å². The third kappa shape index (κ3) is 6.03. The minimum atomic E-state index is 0.562. The third-order valence-corrected chi connectivity index (χ3v) is 4.25. The first-order valence-electron chi connectivity index (χ1n) is 9.30. The van der Waals surface area contributed by atoms with Crippen molar-refractivity contribution in [3.05, 3.63) is 107 Å². The molecule has 27 heavy (non-hydrogen) atoms. The van der Waals surface area contributed by atoms with Crippen LogP contribution in [-0.2, 0) is 19.6 Å². The van der Waals surface area contributed by atoms with Crippen molar-refractivity contribution in [1.29, 1.82) is 0 Å². The van der Waals surface area contributed by atoms with Crippen molar-refractivity contribution in [3.63, 3.8) is 0 Å². The summed E-state index contributed by atoms with van der Waals surface area (Å²) in [6, 6.07) is 26.5. The molecular formula is C25H26O2. The van der Waals surface area contributed by atoms with Crippen LogP contribution in [0.25, 0.3) is 0 Å². The molecule has 3 aromatic rings. The van der Waals surface area contributed by atoms with Gasteiger partial charge in [-0.2, -0.15) is 0 Å². The van der Waals surface area contributed by atoms with E-state index in [-0.39, 0.29) is 0 Å². The Hall–Kier alpha value is -3.00. The first kappa shape index (κ1) is 18.8. The maximum Gasteiger partial charge on any atom is 0.123 e. The van der Waals surface area contributed by atoms with E-state index in [4.69, 9.17) is 9.47 Å². The summed E-state index contributed by atoms with van der Waals surface area (Å²) in [5.74, 6) is 1.77. The van der Waals surface area contributed by atoms with E-state index in [1.165, 1.54) is 5.57 Å². The predicted octanol–water partition coefficient (Wildman–Crippen LogP) is 6.35. The van der Waals surface area contributed by atoms with Gasteiger partial charge in [-0.3, -0.25) is 0 Å². The van der Waals surface area contributed by atoms with Crippen LogP contribution in [0.2, 0.25) is 0 Å². The third-order valence-electron chi connectivity index (χ3n) is 4.25. The van der Waals surface area contributed by atoms with Crippen molar-refractivity contribution < 1.29 is 9.47 Å². The predicted molar refractivity (Wildman–Crippen MR) is 111 cm³/mol. The van der Waals surface area contributed by atoms with Gasteiger partial charge in [-0.15, -0.1) is 0 Å². The maximum absolute atomic E-state index is 6.09. The first-order chi connectivity index (χ1) is 13.2. The molecule has 0 atom stereocenters. The van der Waals surface area contributed by atoms with Crippen LogP contribution >= 0.6 is 0 Å². The Morgan fingerprint density at radius 2 is 1.33 bits per heavy atom. The van der Waals surface area contributed by atoms with E-state index in [0.29, 0.717) is 13.2 Å². The zero-order chi connectivity index (χ0) is 18.9. The zero-order valence-electron chi connectivity index (χ0n) is 16.0. The Morgan fingerprint density at radius 3 is 1.93 bits per heavy atom. The molecule has 2 nitrogen and oxygen atoms in total. The molecule has 138 valence electrons. The molecular weight excluding hydrogens is 332 g/mol. The lowest BCUT2D eigenvalue weighted by Gasteiger charge is -2.14. The van der Waals surface area contributed by atoms with Crippen molar-refractivity contribution in [2.75, 3.05) is 0 Å². The van der Waals surface area contributed by atoms with Crippen molar-refractivity contribution in [2.45, 2.75) is 33.5 Å². The Bertz CT molecular complexity index is 863. The molecule has 0 radical (unpaired) electrons. The van der Waals surface area contributed by atoms with E-state index in [9.17, 15) is 0 Å². The van der Waals surface area contributed by atoms with E-state index in [1.807, 2.05) is 48.5 Å². The van der Waals surface area contributed by atoms with Crippen molar-refractivity contribution in [1.82, 2.24) is 0 Å². The highest BCUT2D eigenvalue weighted by molar-refractivity contribution is 5.42. The molecule has 0 saturated heterocycles. The lowest BCUT2D eigenvalue weighted by atomic mass is 10.1. The molecule has 0 spiro atoms. The fraction of sp³-hybridized carbons (Fsp3) is 0.200. The Balaban J connectivity index is 1.72. The summed E-state index contributed by atoms with van der Waals surface area (Å²) < 4.78 is 12.1. The van der Waals surface area contributed by atoms with Gasteiger partial charge in [-0.1, -0.05) is 72.3 Å². The summed E-state index contributed by atoms with van der Waals surface area (Å²) in [7, 11) is 0. The number of benzene rings is 3. The molecule has 0 amide bonds. The molecule has 0 fully saturated rings. The first-order valence-corrected chi connectivity index (χ1v) is 9.30. The normalized spacial score (nSPS) is 10.3. The molecule has 0 N–H and O–H groups in total. The molecule has 0 unspecified atom stereocenters. The van der Waals surface area contributed by atoms with Gasteiger partial charge in [0.15, 0.2) is 0 Å². The van der Waals surface area contributed by atoms with E-state index >= 15 is 0 Å². The minimum absolute atomic E-state index is 0.562. The second kappa shape index (κ2) is 9.63. The number of hydrogen-bond acceptors (Lipinski definition) is 2. The van der Waals surface area contributed by atoms with Gasteiger partial charge in [-0.05, 0) is 49.6 Å². The van der Waals surface area contributed by atoms with Crippen molar-refractivity contribution >= 4 is 0 Å². The van der Waals surface area contributed by atoms with E-state index in [1.54, 1.807) is 0 Å². The van der Waals surface area contributed by atoms with Crippen LogP contribution < -0.4 is 9.47 Å². The highest BCUT2D eigenvalue weighted by Crippen LogP contribution is 2.27. The molecule has 0 aliphatic carbocycles. The van der Waals surface area contributed by atoms with Crippen LogP contribution in [0.5, 0.6) is 11.5 Å². The maximum atomic E-state index is 6.09. The quantitative estimate of drug-likeness (QED) is 0.437. The number of hydrogen-bond donors (Lipinski definition) is 0. The van der Waals surface area contributed by atoms with E-state index < -0.39 is 0 Å². The summed E-state index contributed by atoms with van der Waals surface area (Å²) in [4.78, 5) is 0. The summed E-state index contributed by atoms with van der Waals surface area (Å²) in [6.45, 7) is 5.35. The van der Waals surface area contributed by atoms with Crippen LogP contribution in [0.3, 0.4) is 0 Å². The molecule has 0 bridgehead atoms. The highest BCUT2D eigenvalue weighted by atomic mass is 16.5. The standard InChI is InChI=1S/C25H26O2/c1-20(2)13-14-23-17-24(26-18-21-9-5-3-6-10-21)15-16-25(23)27-19-22-11-7-4-8-12-22/h3-13,15-17H,14,18-19H2,1-2H3. The largest absolute Gasteiger partial charge is 0.489 e. The zero-order valence-corrected chi connectivity index (χ0v) is 16.0. The van der Waals surface area contributed by atoms with Gasteiger partial charge in [0.2, 0.25) is 0 Å². The molecule has 2 heteroatoms. The van der Waals surface area contributed by atoms with E-state index in [0.717, 1.165) is 34.6 Å². The smallest absolute Gasteiger partial charge is 0.123 e. The summed E-state index contributed by atoms with van der Waals surface area (Å²) in [5, 5.41) is 0. The molecule has 0 aromatic heterocycles. The fourth-order valence-corrected chi connectivity index (χ4v) is 2.74. The van der Waals surface area contributed by atoms with Gasteiger partial charge in [-0.25, -0.2) is 0 Å². The van der Waals surface area contributed by atoms with Crippen molar-refractivity contribution in [3.8, 4) is 11.5 Å². The van der Waals surface area contributed by atoms with Crippen LogP contribution in [0, 0.1) is 0 Å².